The molecule has 24 heavy (non-hydrogen) atoms. The maximum absolute atomic E-state index is 12.6. The first-order valence-corrected chi connectivity index (χ1v) is 7.50. The summed E-state index contributed by atoms with van der Waals surface area (Å²) in [6.45, 7) is 0.555. The number of imide groups is 1. The van der Waals surface area contributed by atoms with E-state index >= 15 is 0 Å². The Hall–Kier alpha value is -3.14. The van der Waals surface area contributed by atoms with E-state index in [1.54, 1.807) is 18.2 Å². The molecule has 2 aliphatic heterocycles. The fourth-order valence-corrected chi connectivity index (χ4v) is 2.95. The molecule has 2 N–H and O–H groups in total. The molecule has 2 heterocycles. The zero-order valence-corrected chi connectivity index (χ0v) is 12.8. The fourth-order valence-electron chi connectivity index (χ4n) is 2.95. The lowest BCUT2D eigenvalue weighted by atomic mass is 10.0. The lowest BCUT2D eigenvalue weighted by Gasteiger charge is -2.29. The van der Waals surface area contributed by atoms with E-state index in [0.717, 1.165) is 11.1 Å². The lowest BCUT2D eigenvalue weighted by molar-refractivity contribution is -0.137. The van der Waals surface area contributed by atoms with Crippen molar-refractivity contribution in [2.75, 3.05) is 0 Å². The van der Waals surface area contributed by atoms with Gasteiger partial charge in [-0.2, -0.15) is 0 Å². The molecule has 3 rings (SSSR count). The summed E-state index contributed by atoms with van der Waals surface area (Å²) in [6.07, 6.45) is 5.54. The van der Waals surface area contributed by atoms with Crippen molar-refractivity contribution in [1.29, 1.82) is 0 Å². The van der Waals surface area contributed by atoms with E-state index in [1.165, 1.54) is 4.90 Å². The van der Waals surface area contributed by atoms with E-state index in [1.807, 2.05) is 5.92 Å². The quantitative estimate of drug-likeness (QED) is 0.589. The Labute approximate surface area is 138 Å². The van der Waals surface area contributed by atoms with Crippen molar-refractivity contribution in [3.8, 4) is 12.3 Å². The molecule has 1 saturated heterocycles. The third-order valence-corrected chi connectivity index (χ3v) is 4.18. The van der Waals surface area contributed by atoms with Crippen molar-refractivity contribution in [3.05, 3.63) is 34.9 Å². The molecule has 1 fully saturated rings. The van der Waals surface area contributed by atoms with Crippen molar-refractivity contribution < 1.29 is 19.2 Å². The van der Waals surface area contributed by atoms with Crippen molar-refractivity contribution in [2.24, 2.45) is 0 Å². The van der Waals surface area contributed by atoms with Crippen molar-refractivity contribution in [1.82, 2.24) is 15.5 Å². The normalized spacial score (nSPS) is 19.5. The summed E-state index contributed by atoms with van der Waals surface area (Å²) in [5.41, 5.74) is 2.07. The van der Waals surface area contributed by atoms with E-state index in [4.69, 9.17) is 6.42 Å². The van der Waals surface area contributed by atoms with Gasteiger partial charge in [0.15, 0.2) is 0 Å². The Morgan fingerprint density at radius 3 is 2.88 bits per heavy atom. The SMILES string of the molecule is C#CC(=O)NCc1ccc2c(c1)C(=O)N(C1CCC(=O)NC1=O)C2. The molecule has 0 aliphatic carbocycles. The highest BCUT2D eigenvalue weighted by atomic mass is 16.2. The van der Waals surface area contributed by atoms with Crippen molar-refractivity contribution in [3.63, 3.8) is 0 Å². The number of carbonyl (C=O) groups is 4. The molecular weight excluding hydrogens is 310 g/mol. The molecule has 7 heteroatoms. The number of benzene rings is 1. The zero-order chi connectivity index (χ0) is 17.3. The average molecular weight is 325 g/mol. The average Bonchev–Trinajstić information content (AvgIpc) is 2.89. The molecule has 1 unspecified atom stereocenters. The number of rotatable bonds is 3. The number of carbonyl (C=O) groups excluding carboxylic acids is 4. The Morgan fingerprint density at radius 2 is 2.17 bits per heavy atom. The maximum atomic E-state index is 12.6. The molecule has 0 spiro atoms. The van der Waals surface area contributed by atoms with Crippen LogP contribution in [0.4, 0.5) is 0 Å². The maximum Gasteiger partial charge on any atom is 0.295 e. The summed E-state index contributed by atoms with van der Waals surface area (Å²) < 4.78 is 0. The van der Waals surface area contributed by atoms with Crippen LogP contribution in [0.25, 0.3) is 0 Å². The first-order valence-electron chi connectivity index (χ1n) is 7.50. The number of piperidine rings is 1. The van der Waals surface area contributed by atoms with Gasteiger partial charge in [0.1, 0.15) is 6.04 Å². The summed E-state index contributed by atoms with van der Waals surface area (Å²) >= 11 is 0. The highest BCUT2D eigenvalue weighted by molar-refractivity contribution is 6.05. The Bertz CT molecular complexity index is 794. The summed E-state index contributed by atoms with van der Waals surface area (Å²) in [5, 5.41) is 4.81. The van der Waals surface area contributed by atoms with Crippen LogP contribution in [-0.4, -0.2) is 34.6 Å². The molecule has 1 aromatic rings. The van der Waals surface area contributed by atoms with Crippen molar-refractivity contribution >= 4 is 23.6 Å². The standard InChI is InChI=1S/C17H15N3O4/c1-2-14(21)18-8-10-3-4-11-9-20(17(24)12(11)7-10)13-5-6-15(22)19-16(13)23/h1,3-4,7,13H,5-6,8-9H2,(H,18,21)(H,19,22,23). The van der Waals surface area contributed by atoms with Gasteiger partial charge in [-0.3, -0.25) is 24.5 Å². The molecule has 0 saturated carbocycles. The largest absolute Gasteiger partial charge is 0.341 e. The van der Waals surface area contributed by atoms with E-state index < -0.39 is 17.9 Å². The van der Waals surface area contributed by atoms with E-state index in [9.17, 15) is 19.2 Å². The second-order valence-electron chi connectivity index (χ2n) is 5.72. The van der Waals surface area contributed by atoms with E-state index in [-0.39, 0.29) is 24.8 Å². The van der Waals surface area contributed by atoms with Crippen LogP contribution in [0.5, 0.6) is 0 Å². The third kappa shape index (κ3) is 2.86. The van der Waals surface area contributed by atoms with Crippen LogP contribution in [0.1, 0.15) is 34.3 Å². The van der Waals surface area contributed by atoms with Gasteiger partial charge in [-0.15, -0.1) is 6.42 Å². The number of hydrogen-bond acceptors (Lipinski definition) is 4. The van der Waals surface area contributed by atoms with E-state index in [0.29, 0.717) is 18.5 Å². The third-order valence-electron chi connectivity index (χ3n) is 4.18. The Morgan fingerprint density at radius 1 is 1.38 bits per heavy atom. The molecular formula is C17H15N3O4. The topological polar surface area (TPSA) is 95.6 Å². The number of terminal acetylenes is 1. The first-order chi connectivity index (χ1) is 11.5. The molecule has 0 bridgehead atoms. The van der Waals surface area contributed by atoms with Crippen molar-refractivity contribution in [2.45, 2.75) is 32.0 Å². The molecule has 4 amide bonds. The zero-order valence-electron chi connectivity index (χ0n) is 12.8. The molecule has 1 aromatic carbocycles. The molecule has 0 aromatic heterocycles. The van der Waals surface area contributed by atoms with Gasteiger partial charge in [0, 0.05) is 25.1 Å². The highest BCUT2D eigenvalue weighted by Gasteiger charge is 2.38. The van der Waals surface area contributed by atoms with Gasteiger partial charge in [-0.1, -0.05) is 12.1 Å². The van der Waals surface area contributed by atoms with Gasteiger partial charge in [0.25, 0.3) is 11.8 Å². The molecule has 1 atom stereocenters. The molecule has 7 nitrogen and oxygen atoms in total. The van der Waals surface area contributed by atoms with Crippen LogP contribution in [0.2, 0.25) is 0 Å². The summed E-state index contributed by atoms with van der Waals surface area (Å²) in [7, 11) is 0. The van der Waals surface area contributed by atoms with Crippen LogP contribution in [0, 0.1) is 12.3 Å². The van der Waals surface area contributed by atoms with Gasteiger partial charge in [-0.25, -0.2) is 0 Å². The number of nitrogens with one attached hydrogen (secondary N) is 2. The van der Waals surface area contributed by atoms with Gasteiger partial charge in [0.05, 0.1) is 0 Å². The van der Waals surface area contributed by atoms with Crippen LogP contribution in [0.15, 0.2) is 18.2 Å². The minimum Gasteiger partial charge on any atom is -0.341 e. The highest BCUT2D eigenvalue weighted by Crippen LogP contribution is 2.28. The second kappa shape index (κ2) is 6.16. The predicted octanol–water partition coefficient (Wildman–Crippen LogP) is -0.303. The smallest absolute Gasteiger partial charge is 0.295 e. The number of amides is 4. The molecule has 2 aliphatic rings. The van der Waals surface area contributed by atoms with Crippen LogP contribution < -0.4 is 10.6 Å². The Kier molecular flexibility index (Phi) is 4.04. The first kappa shape index (κ1) is 15.7. The van der Waals surface area contributed by atoms with Gasteiger partial charge >= 0.3 is 0 Å². The number of hydrogen-bond donors (Lipinski definition) is 2. The monoisotopic (exact) mass is 325 g/mol. The van der Waals surface area contributed by atoms with Crippen LogP contribution in [-0.2, 0) is 27.5 Å². The van der Waals surface area contributed by atoms with Crippen LogP contribution >= 0.6 is 0 Å². The fraction of sp³-hybridized carbons (Fsp3) is 0.294. The second-order valence-corrected chi connectivity index (χ2v) is 5.72. The van der Waals surface area contributed by atoms with Gasteiger partial charge in [0.2, 0.25) is 11.8 Å². The summed E-state index contributed by atoms with van der Waals surface area (Å²) in [4.78, 5) is 48.4. The number of nitrogens with zero attached hydrogens (tertiary/aromatic N) is 1. The van der Waals surface area contributed by atoms with Gasteiger partial charge in [-0.05, 0) is 29.5 Å². The number of fused-ring (bicyclic) bond motifs is 1. The molecule has 0 radical (unpaired) electrons. The minimum absolute atomic E-state index is 0.222. The van der Waals surface area contributed by atoms with E-state index in [2.05, 4.69) is 10.6 Å². The minimum atomic E-state index is -0.632. The summed E-state index contributed by atoms with van der Waals surface area (Å²) in [6, 6.07) is 4.67. The van der Waals surface area contributed by atoms with Gasteiger partial charge < -0.3 is 10.2 Å². The summed E-state index contributed by atoms with van der Waals surface area (Å²) in [5.74, 6) is 0.441. The Balaban J connectivity index is 1.76. The lowest BCUT2D eigenvalue weighted by Crippen LogP contribution is -2.52. The van der Waals surface area contributed by atoms with Crippen LogP contribution in [0.3, 0.4) is 0 Å². The predicted molar refractivity (Wildman–Crippen MR) is 83.2 cm³/mol. The molecule has 122 valence electrons.